The number of nitrogens with zero attached hydrogens (tertiary/aromatic N) is 2. The lowest BCUT2D eigenvalue weighted by atomic mass is 10.0. The number of anilines is 1. The molecular weight excluding hydrogens is 174 g/mol. The number of nitrogens with two attached hydrogens (primary N) is 1. The molecule has 1 aromatic carbocycles. The molecule has 0 aliphatic carbocycles. The Labute approximate surface area is 82.6 Å². The number of hydrogen-bond donors (Lipinski definition) is 1. The second kappa shape index (κ2) is 3.46. The summed E-state index contributed by atoms with van der Waals surface area (Å²) in [4.78, 5) is 0. The molecule has 1 aromatic heterocycles. The van der Waals surface area contributed by atoms with Gasteiger partial charge < -0.3 is 5.73 Å². The maximum Gasteiger partial charge on any atom is 0.149 e. The van der Waals surface area contributed by atoms with E-state index in [0.29, 0.717) is 5.82 Å². The van der Waals surface area contributed by atoms with Crippen molar-refractivity contribution in [3.8, 4) is 11.1 Å². The van der Waals surface area contributed by atoms with E-state index < -0.39 is 0 Å². The van der Waals surface area contributed by atoms with Gasteiger partial charge in [-0.1, -0.05) is 30.3 Å². The highest BCUT2D eigenvalue weighted by molar-refractivity contribution is 5.69. The molecule has 0 aliphatic rings. The molecule has 1 heterocycles. The van der Waals surface area contributed by atoms with Crippen molar-refractivity contribution in [2.75, 3.05) is 5.73 Å². The van der Waals surface area contributed by atoms with Crippen LogP contribution < -0.4 is 5.73 Å². The van der Waals surface area contributed by atoms with Gasteiger partial charge in [0, 0.05) is 11.1 Å². The van der Waals surface area contributed by atoms with Crippen molar-refractivity contribution >= 4 is 5.82 Å². The van der Waals surface area contributed by atoms with E-state index in [2.05, 4.69) is 10.2 Å². The maximum atomic E-state index is 5.68. The van der Waals surface area contributed by atoms with Gasteiger partial charge in [-0.05, 0) is 12.5 Å². The molecule has 3 nitrogen and oxygen atoms in total. The average Bonchev–Trinajstić information content (AvgIpc) is 2.23. The molecule has 3 heteroatoms. The third-order valence-corrected chi connectivity index (χ3v) is 2.23. The zero-order chi connectivity index (χ0) is 9.97. The number of hydrogen-bond acceptors (Lipinski definition) is 3. The van der Waals surface area contributed by atoms with E-state index in [9.17, 15) is 0 Å². The quantitative estimate of drug-likeness (QED) is 0.739. The first-order chi connectivity index (χ1) is 6.79. The average molecular weight is 185 g/mol. The zero-order valence-corrected chi connectivity index (χ0v) is 7.94. The van der Waals surface area contributed by atoms with Crippen molar-refractivity contribution in [3.63, 3.8) is 0 Å². The molecule has 2 aromatic rings. The molecule has 0 radical (unpaired) electrons. The fraction of sp³-hybridized carbons (Fsp3) is 0.0909. The van der Waals surface area contributed by atoms with Crippen LogP contribution in [0.1, 0.15) is 5.56 Å². The number of rotatable bonds is 1. The fourth-order valence-corrected chi connectivity index (χ4v) is 1.37. The maximum absolute atomic E-state index is 5.68. The normalized spacial score (nSPS) is 10.1. The minimum atomic E-state index is 0.492. The van der Waals surface area contributed by atoms with E-state index in [0.717, 1.165) is 16.7 Å². The summed E-state index contributed by atoms with van der Waals surface area (Å²) in [7, 11) is 0. The van der Waals surface area contributed by atoms with Gasteiger partial charge in [0.1, 0.15) is 5.82 Å². The molecule has 0 bridgehead atoms. The third kappa shape index (κ3) is 1.44. The van der Waals surface area contributed by atoms with Crippen LogP contribution in [0.25, 0.3) is 11.1 Å². The Bertz CT molecular complexity index is 438. The Morgan fingerprint density at radius 2 is 1.86 bits per heavy atom. The molecule has 0 saturated heterocycles. The Kier molecular flexibility index (Phi) is 2.14. The van der Waals surface area contributed by atoms with Crippen LogP contribution in [-0.4, -0.2) is 10.2 Å². The first-order valence-corrected chi connectivity index (χ1v) is 4.42. The zero-order valence-electron chi connectivity index (χ0n) is 7.94. The Balaban J connectivity index is 2.58. The Morgan fingerprint density at radius 3 is 2.57 bits per heavy atom. The van der Waals surface area contributed by atoms with Crippen molar-refractivity contribution < 1.29 is 0 Å². The lowest BCUT2D eigenvalue weighted by Crippen LogP contribution is -1.98. The molecule has 2 rings (SSSR count). The summed E-state index contributed by atoms with van der Waals surface area (Å²) >= 11 is 0. The van der Waals surface area contributed by atoms with Gasteiger partial charge in [0.2, 0.25) is 0 Å². The highest BCUT2D eigenvalue weighted by Gasteiger charge is 2.04. The van der Waals surface area contributed by atoms with Gasteiger partial charge in [-0.3, -0.25) is 0 Å². The number of nitrogen functional groups attached to an aromatic ring is 1. The van der Waals surface area contributed by atoms with Crippen molar-refractivity contribution in [1.82, 2.24) is 10.2 Å². The minimum Gasteiger partial charge on any atom is -0.382 e. The second-order valence-corrected chi connectivity index (χ2v) is 3.13. The first kappa shape index (κ1) is 8.69. The molecule has 0 aliphatic heterocycles. The number of aromatic nitrogens is 2. The standard InChI is InChI=1S/C11H11N3/c1-8-10(7-13-14-11(8)12)9-5-3-2-4-6-9/h2-7H,1H3,(H2,12,14). The highest BCUT2D eigenvalue weighted by Crippen LogP contribution is 2.23. The Hall–Kier alpha value is -1.90. The predicted molar refractivity (Wildman–Crippen MR) is 56.6 cm³/mol. The SMILES string of the molecule is Cc1c(-c2ccccc2)cnnc1N. The van der Waals surface area contributed by atoms with Crippen LogP contribution in [-0.2, 0) is 0 Å². The topological polar surface area (TPSA) is 51.8 Å². The molecule has 0 amide bonds. The van der Waals surface area contributed by atoms with Gasteiger partial charge >= 0.3 is 0 Å². The molecule has 70 valence electrons. The van der Waals surface area contributed by atoms with E-state index in [1.165, 1.54) is 0 Å². The van der Waals surface area contributed by atoms with Crippen molar-refractivity contribution in [2.45, 2.75) is 6.92 Å². The van der Waals surface area contributed by atoms with Crippen molar-refractivity contribution in [1.29, 1.82) is 0 Å². The minimum absolute atomic E-state index is 0.492. The molecule has 14 heavy (non-hydrogen) atoms. The predicted octanol–water partition coefficient (Wildman–Crippen LogP) is 2.03. The lowest BCUT2D eigenvalue weighted by molar-refractivity contribution is 1.03. The molecule has 0 atom stereocenters. The molecule has 0 fully saturated rings. The van der Waals surface area contributed by atoms with Gasteiger partial charge in [0.05, 0.1) is 6.20 Å². The first-order valence-electron chi connectivity index (χ1n) is 4.42. The van der Waals surface area contributed by atoms with E-state index in [-0.39, 0.29) is 0 Å². The third-order valence-electron chi connectivity index (χ3n) is 2.23. The summed E-state index contributed by atoms with van der Waals surface area (Å²) in [5.41, 5.74) is 8.82. The van der Waals surface area contributed by atoms with Gasteiger partial charge in [-0.2, -0.15) is 5.10 Å². The lowest BCUT2D eigenvalue weighted by Gasteiger charge is -2.05. The number of benzene rings is 1. The van der Waals surface area contributed by atoms with E-state index in [4.69, 9.17) is 5.73 Å². The van der Waals surface area contributed by atoms with E-state index >= 15 is 0 Å². The van der Waals surface area contributed by atoms with Crippen LogP contribution in [0.3, 0.4) is 0 Å². The van der Waals surface area contributed by atoms with Crippen LogP contribution in [0.15, 0.2) is 36.5 Å². The van der Waals surface area contributed by atoms with Crippen LogP contribution in [0.4, 0.5) is 5.82 Å². The van der Waals surface area contributed by atoms with Crippen molar-refractivity contribution in [2.24, 2.45) is 0 Å². The summed E-state index contributed by atoms with van der Waals surface area (Å²) < 4.78 is 0. The van der Waals surface area contributed by atoms with Crippen molar-refractivity contribution in [3.05, 3.63) is 42.1 Å². The van der Waals surface area contributed by atoms with Crippen LogP contribution in [0.2, 0.25) is 0 Å². The van der Waals surface area contributed by atoms with E-state index in [1.807, 2.05) is 37.3 Å². The molecular formula is C11H11N3. The molecule has 0 saturated carbocycles. The molecule has 0 unspecified atom stereocenters. The van der Waals surface area contributed by atoms with Gasteiger partial charge in [0.25, 0.3) is 0 Å². The largest absolute Gasteiger partial charge is 0.382 e. The van der Waals surface area contributed by atoms with Gasteiger partial charge in [-0.15, -0.1) is 5.10 Å². The van der Waals surface area contributed by atoms with Crippen LogP contribution in [0, 0.1) is 6.92 Å². The highest BCUT2D eigenvalue weighted by atomic mass is 15.1. The van der Waals surface area contributed by atoms with Crippen LogP contribution in [0.5, 0.6) is 0 Å². The van der Waals surface area contributed by atoms with Gasteiger partial charge in [0.15, 0.2) is 0 Å². The summed E-state index contributed by atoms with van der Waals surface area (Å²) in [6.07, 6.45) is 1.74. The monoisotopic (exact) mass is 185 g/mol. The van der Waals surface area contributed by atoms with Gasteiger partial charge in [-0.25, -0.2) is 0 Å². The summed E-state index contributed by atoms with van der Waals surface area (Å²) in [5, 5.41) is 7.64. The van der Waals surface area contributed by atoms with Crippen LogP contribution >= 0.6 is 0 Å². The molecule has 0 spiro atoms. The smallest absolute Gasteiger partial charge is 0.149 e. The molecule has 2 N–H and O–H groups in total. The summed E-state index contributed by atoms with van der Waals surface area (Å²) in [6, 6.07) is 10.0. The van der Waals surface area contributed by atoms with E-state index in [1.54, 1.807) is 6.20 Å². The summed E-state index contributed by atoms with van der Waals surface area (Å²) in [5.74, 6) is 0.492. The second-order valence-electron chi connectivity index (χ2n) is 3.13. The Morgan fingerprint density at radius 1 is 1.14 bits per heavy atom. The fourth-order valence-electron chi connectivity index (χ4n) is 1.37. The summed E-state index contributed by atoms with van der Waals surface area (Å²) in [6.45, 7) is 1.95.